The van der Waals surface area contributed by atoms with Gasteiger partial charge >= 0.3 is 0 Å². The Bertz CT molecular complexity index is 536. The second-order valence-electron chi connectivity index (χ2n) is 5.72. The first-order chi connectivity index (χ1) is 10.0. The number of hydrogen-bond acceptors (Lipinski definition) is 3. The molecule has 1 fully saturated rings. The van der Waals surface area contributed by atoms with Gasteiger partial charge in [0.15, 0.2) is 0 Å². The van der Waals surface area contributed by atoms with Crippen molar-refractivity contribution in [1.82, 2.24) is 10.2 Å². The highest BCUT2D eigenvalue weighted by Gasteiger charge is 2.39. The zero-order chi connectivity index (χ0) is 15.4. The molecule has 0 heterocycles. The molecule has 0 aromatic heterocycles. The molecule has 1 aromatic rings. The van der Waals surface area contributed by atoms with Crippen LogP contribution in [-0.2, 0) is 4.79 Å². The van der Waals surface area contributed by atoms with Crippen molar-refractivity contribution in [2.75, 3.05) is 32.5 Å². The Balaban J connectivity index is 0.00000242. The van der Waals surface area contributed by atoms with Crippen LogP contribution in [0.25, 0.3) is 0 Å². The largest absolute Gasteiger partial charge is 0.340 e. The molecule has 2 rings (SSSR count). The Morgan fingerprint density at radius 3 is 2.64 bits per heavy atom. The number of carbonyl (C=O) groups is 2. The maximum absolute atomic E-state index is 12.3. The fraction of sp³-hybridized carbons (Fsp3) is 0.500. The van der Waals surface area contributed by atoms with Crippen LogP contribution in [0.5, 0.6) is 0 Å². The lowest BCUT2D eigenvalue weighted by molar-refractivity contribution is -0.117. The molecule has 6 heteroatoms. The number of carbonyl (C=O) groups excluding carboxylic acids is 2. The Labute approximate surface area is 137 Å². The van der Waals surface area contributed by atoms with E-state index in [2.05, 4.69) is 17.6 Å². The van der Waals surface area contributed by atoms with Gasteiger partial charge in [0.25, 0.3) is 5.91 Å². The maximum atomic E-state index is 12.3. The smallest absolute Gasteiger partial charge is 0.253 e. The van der Waals surface area contributed by atoms with Crippen molar-refractivity contribution in [1.29, 1.82) is 0 Å². The van der Waals surface area contributed by atoms with Crippen molar-refractivity contribution in [3.63, 3.8) is 0 Å². The predicted octanol–water partition coefficient (Wildman–Crippen LogP) is 1.99. The second kappa shape index (κ2) is 8.15. The van der Waals surface area contributed by atoms with E-state index in [4.69, 9.17) is 0 Å². The van der Waals surface area contributed by atoms with Gasteiger partial charge in [0.05, 0.1) is 0 Å². The molecule has 122 valence electrons. The van der Waals surface area contributed by atoms with E-state index in [-0.39, 0.29) is 30.1 Å². The third-order valence-corrected chi connectivity index (χ3v) is 3.87. The molecule has 0 spiro atoms. The fourth-order valence-corrected chi connectivity index (χ4v) is 2.25. The molecule has 1 saturated carbocycles. The minimum absolute atomic E-state index is 0. The van der Waals surface area contributed by atoms with Crippen molar-refractivity contribution >= 4 is 29.9 Å². The van der Waals surface area contributed by atoms with Crippen molar-refractivity contribution in [2.45, 2.75) is 13.3 Å². The number of amides is 2. The number of halogens is 1. The van der Waals surface area contributed by atoms with Crippen molar-refractivity contribution < 1.29 is 9.59 Å². The molecular weight excluding hydrogens is 302 g/mol. The number of likely N-dealkylation sites (N-methyl/N-ethyl adjacent to an activating group) is 2. The van der Waals surface area contributed by atoms with Gasteiger partial charge in [-0.25, -0.2) is 0 Å². The third-order valence-electron chi connectivity index (χ3n) is 3.87. The average Bonchev–Trinajstić information content (AvgIpc) is 3.21. The Morgan fingerprint density at radius 2 is 2.05 bits per heavy atom. The van der Waals surface area contributed by atoms with Crippen LogP contribution in [-0.4, -0.2) is 43.9 Å². The molecule has 1 aromatic carbocycles. The number of hydrogen-bond donors (Lipinski definition) is 2. The summed E-state index contributed by atoms with van der Waals surface area (Å²) in [4.78, 5) is 25.9. The van der Waals surface area contributed by atoms with Crippen LogP contribution in [0.3, 0.4) is 0 Å². The van der Waals surface area contributed by atoms with E-state index < -0.39 is 0 Å². The van der Waals surface area contributed by atoms with Gasteiger partial charge in [-0.05, 0) is 37.6 Å². The van der Waals surface area contributed by atoms with E-state index in [9.17, 15) is 9.59 Å². The highest BCUT2D eigenvalue weighted by Crippen LogP contribution is 2.38. The van der Waals surface area contributed by atoms with Gasteiger partial charge in [-0.3, -0.25) is 9.59 Å². The summed E-state index contributed by atoms with van der Waals surface area (Å²) in [7, 11) is 3.63. The molecule has 0 aliphatic heterocycles. The number of nitrogens with zero attached hydrogens (tertiary/aromatic N) is 1. The first-order valence-electron chi connectivity index (χ1n) is 7.34. The molecule has 22 heavy (non-hydrogen) atoms. The van der Waals surface area contributed by atoms with E-state index in [0.29, 0.717) is 23.7 Å². The highest BCUT2D eigenvalue weighted by molar-refractivity contribution is 5.98. The molecule has 0 radical (unpaired) electrons. The van der Waals surface area contributed by atoms with E-state index in [1.54, 1.807) is 30.1 Å². The minimum atomic E-state index is -0.0406. The van der Waals surface area contributed by atoms with Crippen LogP contribution in [0.4, 0.5) is 5.69 Å². The normalized spacial score (nSPS) is 19.0. The molecule has 0 saturated heterocycles. The maximum Gasteiger partial charge on any atom is 0.253 e. The summed E-state index contributed by atoms with van der Waals surface area (Å²) in [6.07, 6.45) is 0.956. The fourth-order valence-electron chi connectivity index (χ4n) is 2.25. The van der Waals surface area contributed by atoms with Crippen LogP contribution in [0.15, 0.2) is 24.3 Å². The highest BCUT2D eigenvalue weighted by atomic mass is 35.5. The minimum Gasteiger partial charge on any atom is -0.340 e. The Hall–Kier alpha value is -1.59. The van der Waals surface area contributed by atoms with Gasteiger partial charge in [0.2, 0.25) is 5.91 Å². The van der Waals surface area contributed by atoms with Gasteiger partial charge < -0.3 is 15.5 Å². The molecule has 1 aliphatic rings. The monoisotopic (exact) mass is 325 g/mol. The van der Waals surface area contributed by atoms with Gasteiger partial charge in [-0.1, -0.05) is 13.0 Å². The van der Waals surface area contributed by atoms with Crippen molar-refractivity contribution in [2.24, 2.45) is 11.8 Å². The van der Waals surface area contributed by atoms with E-state index in [1.807, 2.05) is 13.1 Å². The topological polar surface area (TPSA) is 61.4 Å². The van der Waals surface area contributed by atoms with Gasteiger partial charge in [0, 0.05) is 37.3 Å². The molecule has 5 nitrogen and oxygen atoms in total. The van der Waals surface area contributed by atoms with E-state index >= 15 is 0 Å². The van der Waals surface area contributed by atoms with Crippen LogP contribution < -0.4 is 10.6 Å². The van der Waals surface area contributed by atoms with Gasteiger partial charge in [0.1, 0.15) is 0 Å². The lowest BCUT2D eigenvalue weighted by Gasteiger charge is -2.17. The number of anilines is 1. The molecular formula is C16H24ClN3O2. The summed E-state index contributed by atoms with van der Waals surface area (Å²) in [5, 5.41) is 5.90. The summed E-state index contributed by atoms with van der Waals surface area (Å²) in [6.45, 7) is 3.46. The number of nitrogens with one attached hydrogen (secondary N) is 2. The standard InChI is InChI=1S/C16H23N3O2.ClH/c1-11-9-14(11)15(20)18-13-6-4-5-12(10-13)16(21)19(3)8-7-17-2;/h4-6,10-11,14,17H,7-9H2,1-3H3,(H,18,20);1H. The zero-order valence-corrected chi connectivity index (χ0v) is 14.1. The number of rotatable bonds is 6. The summed E-state index contributed by atoms with van der Waals surface area (Å²) in [5.74, 6) is 0.613. The molecule has 2 amide bonds. The van der Waals surface area contributed by atoms with E-state index in [1.165, 1.54) is 0 Å². The van der Waals surface area contributed by atoms with E-state index in [0.717, 1.165) is 13.0 Å². The summed E-state index contributed by atoms with van der Waals surface area (Å²) < 4.78 is 0. The average molecular weight is 326 g/mol. The second-order valence-corrected chi connectivity index (χ2v) is 5.72. The predicted molar refractivity (Wildman–Crippen MR) is 90.5 cm³/mol. The number of benzene rings is 1. The van der Waals surface area contributed by atoms with Gasteiger partial charge in [-0.2, -0.15) is 0 Å². The Morgan fingerprint density at radius 1 is 1.36 bits per heavy atom. The Kier molecular flexibility index (Phi) is 6.84. The lowest BCUT2D eigenvalue weighted by atomic mass is 10.1. The van der Waals surface area contributed by atoms with Crippen LogP contribution in [0.1, 0.15) is 23.7 Å². The van der Waals surface area contributed by atoms with Crippen LogP contribution >= 0.6 is 12.4 Å². The molecule has 2 atom stereocenters. The molecule has 2 N–H and O–H groups in total. The molecule has 0 bridgehead atoms. The first-order valence-corrected chi connectivity index (χ1v) is 7.34. The summed E-state index contributed by atoms with van der Waals surface area (Å²) >= 11 is 0. The van der Waals surface area contributed by atoms with Crippen LogP contribution in [0.2, 0.25) is 0 Å². The van der Waals surface area contributed by atoms with Crippen molar-refractivity contribution in [3.05, 3.63) is 29.8 Å². The van der Waals surface area contributed by atoms with Crippen LogP contribution in [0, 0.1) is 11.8 Å². The SMILES string of the molecule is CNCCN(C)C(=O)c1cccc(NC(=O)C2CC2C)c1.Cl. The lowest BCUT2D eigenvalue weighted by Crippen LogP contribution is -2.32. The zero-order valence-electron chi connectivity index (χ0n) is 13.3. The molecule has 1 aliphatic carbocycles. The quantitative estimate of drug-likeness (QED) is 0.841. The third kappa shape index (κ3) is 4.71. The summed E-state index contributed by atoms with van der Waals surface area (Å²) in [6, 6.07) is 7.12. The summed E-state index contributed by atoms with van der Waals surface area (Å²) in [5.41, 5.74) is 1.28. The first kappa shape index (κ1) is 18.5. The van der Waals surface area contributed by atoms with Crippen molar-refractivity contribution in [3.8, 4) is 0 Å². The molecule has 2 unspecified atom stereocenters. The van der Waals surface area contributed by atoms with Gasteiger partial charge in [-0.15, -0.1) is 12.4 Å².